The summed E-state index contributed by atoms with van der Waals surface area (Å²) in [6, 6.07) is 16.7. The van der Waals surface area contributed by atoms with Gasteiger partial charge in [0.1, 0.15) is 5.75 Å². The van der Waals surface area contributed by atoms with Gasteiger partial charge < -0.3 is 9.72 Å². The summed E-state index contributed by atoms with van der Waals surface area (Å²) in [4.78, 5) is 18.6. The van der Waals surface area contributed by atoms with Gasteiger partial charge in [0.2, 0.25) is 0 Å². The molecule has 1 aliphatic rings. The second kappa shape index (κ2) is 11.3. The number of aryl methyl sites for hydroxylation is 1. The molecular weight excluding hydrogens is 464 g/mol. The third-order valence-electron chi connectivity index (χ3n) is 7.63. The van der Waals surface area contributed by atoms with Crippen molar-refractivity contribution in [1.29, 1.82) is 0 Å². The number of H-pyrrole nitrogens is 1. The number of aromatic nitrogens is 5. The van der Waals surface area contributed by atoms with E-state index in [1.807, 2.05) is 28.9 Å². The molecule has 0 bridgehead atoms. The Morgan fingerprint density at radius 2 is 1.81 bits per heavy atom. The van der Waals surface area contributed by atoms with Gasteiger partial charge in [0.25, 0.3) is 5.56 Å². The summed E-state index contributed by atoms with van der Waals surface area (Å²) in [7, 11) is 1.67. The highest BCUT2D eigenvalue weighted by molar-refractivity contribution is 5.79. The number of aromatic amines is 1. The van der Waals surface area contributed by atoms with Crippen molar-refractivity contribution >= 4 is 10.9 Å². The molecule has 1 aliphatic carbocycles. The van der Waals surface area contributed by atoms with Crippen LogP contribution in [0.15, 0.2) is 53.3 Å². The Bertz CT molecular complexity index is 1390. The monoisotopic (exact) mass is 500 g/mol. The zero-order valence-corrected chi connectivity index (χ0v) is 22.0. The number of nitrogens with zero attached hydrogens (tertiary/aromatic N) is 5. The third-order valence-corrected chi connectivity index (χ3v) is 7.63. The van der Waals surface area contributed by atoms with E-state index in [9.17, 15) is 4.79 Å². The van der Waals surface area contributed by atoms with E-state index in [-0.39, 0.29) is 11.6 Å². The number of fused-ring (bicyclic) bond motifs is 1. The van der Waals surface area contributed by atoms with Gasteiger partial charge in [-0.15, -0.1) is 5.10 Å². The number of tetrazole rings is 1. The van der Waals surface area contributed by atoms with Gasteiger partial charge in [-0.3, -0.25) is 9.69 Å². The van der Waals surface area contributed by atoms with Crippen molar-refractivity contribution in [1.82, 2.24) is 30.1 Å². The molecule has 2 aromatic heterocycles. The predicted octanol–water partition coefficient (Wildman–Crippen LogP) is 5.35. The predicted molar refractivity (Wildman–Crippen MR) is 145 cm³/mol. The summed E-state index contributed by atoms with van der Waals surface area (Å²) in [5, 5.41) is 14.1. The number of benzene rings is 2. The van der Waals surface area contributed by atoms with E-state index in [1.165, 1.54) is 18.4 Å². The van der Waals surface area contributed by atoms with Crippen molar-refractivity contribution in [3.05, 3.63) is 81.4 Å². The van der Waals surface area contributed by atoms with Crippen LogP contribution < -0.4 is 10.3 Å². The number of pyridine rings is 1. The van der Waals surface area contributed by atoms with Crippen LogP contribution in [0.5, 0.6) is 5.75 Å². The lowest BCUT2D eigenvalue weighted by atomic mass is 10.1. The van der Waals surface area contributed by atoms with E-state index in [4.69, 9.17) is 4.74 Å². The first-order chi connectivity index (χ1) is 18.1. The van der Waals surface area contributed by atoms with Crippen LogP contribution in [-0.4, -0.2) is 37.2 Å². The van der Waals surface area contributed by atoms with Gasteiger partial charge in [0, 0.05) is 24.2 Å². The van der Waals surface area contributed by atoms with Gasteiger partial charge in [-0.25, -0.2) is 4.68 Å². The minimum Gasteiger partial charge on any atom is -0.497 e. The lowest BCUT2D eigenvalue weighted by molar-refractivity contribution is 0.158. The highest BCUT2D eigenvalue weighted by atomic mass is 16.5. The molecule has 4 aromatic rings. The molecule has 2 heterocycles. The first-order valence-corrected chi connectivity index (χ1v) is 13.4. The Hall–Kier alpha value is -3.52. The van der Waals surface area contributed by atoms with E-state index >= 15 is 0 Å². The Morgan fingerprint density at radius 1 is 1.05 bits per heavy atom. The average molecular weight is 501 g/mol. The van der Waals surface area contributed by atoms with Gasteiger partial charge >= 0.3 is 0 Å². The Kier molecular flexibility index (Phi) is 7.65. The highest BCUT2D eigenvalue weighted by Crippen LogP contribution is 2.33. The number of hydrogen-bond acceptors (Lipinski definition) is 6. The van der Waals surface area contributed by atoms with Crippen LogP contribution in [0.2, 0.25) is 0 Å². The maximum Gasteiger partial charge on any atom is 0.252 e. The topological polar surface area (TPSA) is 88.9 Å². The Morgan fingerprint density at radius 3 is 2.51 bits per heavy atom. The van der Waals surface area contributed by atoms with Crippen LogP contribution in [0, 0.1) is 0 Å². The molecule has 0 saturated heterocycles. The van der Waals surface area contributed by atoms with Gasteiger partial charge in [0.15, 0.2) is 5.82 Å². The van der Waals surface area contributed by atoms with Crippen LogP contribution >= 0.6 is 0 Å². The standard InChI is InChI=1S/C29H36N6O2/c1-4-20-12-15-26-22(16-20)17-23(29(36)30-26)19-34(18-21-10-13-25(37-3)14-11-21)27(5-2)28-31-32-33-35(28)24-8-6-7-9-24/h10-17,24,27H,4-9,18-19H2,1-3H3,(H,30,36)/t27-/m0/s1. The van der Waals surface area contributed by atoms with Crippen molar-refractivity contribution in [3.8, 4) is 5.75 Å². The number of hydrogen-bond donors (Lipinski definition) is 1. The summed E-state index contributed by atoms with van der Waals surface area (Å²) in [5.41, 5.74) is 3.95. The van der Waals surface area contributed by atoms with Crippen LogP contribution in [0.3, 0.4) is 0 Å². The molecule has 1 fully saturated rings. The van der Waals surface area contributed by atoms with Crippen molar-refractivity contribution in [2.24, 2.45) is 0 Å². The van der Waals surface area contributed by atoms with E-state index in [1.54, 1.807) is 7.11 Å². The average Bonchev–Trinajstić information content (AvgIpc) is 3.62. The number of rotatable bonds is 10. The van der Waals surface area contributed by atoms with E-state index in [0.717, 1.165) is 59.3 Å². The van der Waals surface area contributed by atoms with Gasteiger partial charge in [-0.2, -0.15) is 0 Å². The van der Waals surface area contributed by atoms with Crippen LogP contribution in [0.4, 0.5) is 0 Å². The molecule has 8 heteroatoms. The fourth-order valence-corrected chi connectivity index (χ4v) is 5.53. The molecule has 0 radical (unpaired) electrons. The molecule has 0 spiro atoms. The summed E-state index contributed by atoms with van der Waals surface area (Å²) >= 11 is 0. The second-order valence-electron chi connectivity index (χ2n) is 10.00. The number of ether oxygens (including phenoxy) is 1. The third kappa shape index (κ3) is 5.44. The largest absolute Gasteiger partial charge is 0.497 e. The molecular formula is C29H36N6O2. The van der Waals surface area contributed by atoms with Crippen molar-refractivity contribution < 1.29 is 4.74 Å². The molecule has 0 aliphatic heterocycles. The van der Waals surface area contributed by atoms with Gasteiger partial charge in [-0.1, -0.05) is 44.9 Å². The molecule has 2 aromatic carbocycles. The molecule has 194 valence electrons. The van der Waals surface area contributed by atoms with Gasteiger partial charge in [-0.05, 0) is 83.0 Å². The van der Waals surface area contributed by atoms with Crippen LogP contribution in [0.1, 0.15) is 80.6 Å². The molecule has 37 heavy (non-hydrogen) atoms. The summed E-state index contributed by atoms with van der Waals surface area (Å²) in [6.45, 7) is 5.46. The van der Waals surface area contributed by atoms with Crippen molar-refractivity contribution in [2.45, 2.75) is 77.5 Å². The highest BCUT2D eigenvalue weighted by Gasteiger charge is 2.29. The summed E-state index contributed by atoms with van der Waals surface area (Å²) < 4.78 is 7.40. The van der Waals surface area contributed by atoms with Gasteiger partial charge in [0.05, 0.1) is 19.2 Å². The quantitative estimate of drug-likeness (QED) is 0.316. The van der Waals surface area contributed by atoms with Crippen molar-refractivity contribution in [3.63, 3.8) is 0 Å². The lowest BCUT2D eigenvalue weighted by Gasteiger charge is -2.31. The fourth-order valence-electron chi connectivity index (χ4n) is 5.53. The molecule has 1 atom stereocenters. The van der Waals surface area contributed by atoms with E-state index in [0.29, 0.717) is 19.1 Å². The zero-order chi connectivity index (χ0) is 25.8. The Balaban J connectivity index is 1.53. The first-order valence-electron chi connectivity index (χ1n) is 13.4. The second-order valence-corrected chi connectivity index (χ2v) is 10.00. The molecule has 1 N–H and O–H groups in total. The zero-order valence-electron chi connectivity index (χ0n) is 22.0. The van der Waals surface area contributed by atoms with E-state index < -0.39 is 0 Å². The minimum absolute atomic E-state index is 0.0326. The van der Waals surface area contributed by atoms with Crippen molar-refractivity contribution in [2.75, 3.05) is 7.11 Å². The molecule has 0 unspecified atom stereocenters. The van der Waals surface area contributed by atoms with Crippen LogP contribution in [-0.2, 0) is 19.5 Å². The first kappa shape index (κ1) is 25.1. The molecule has 1 saturated carbocycles. The number of nitrogens with one attached hydrogen (secondary N) is 1. The Labute approximate surface area is 217 Å². The smallest absolute Gasteiger partial charge is 0.252 e. The maximum absolute atomic E-state index is 13.2. The van der Waals surface area contributed by atoms with E-state index in [2.05, 4.69) is 63.5 Å². The lowest BCUT2D eigenvalue weighted by Crippen LogP contribution is -2.32. The number of methoxy groups -OCH3 is 1. The van der Waals surface area contributed by atoms with Crippen LogP contribution in [0.25, 0.3) is 10.9 Å². The molecule has 8 nitrogen and oxygen atoms in total. The minimum atomic E-state index is -0.0540. The fraction of sp³-hybridized carbons (Fsp3) is 0.448. The maximum atomic E-state index is 13.2. The summed E-state index contributed by atoms with van der Waals surface area (Å²) in [5.74, 6) is 1.71. The molecule has 5 rings (SSSR count). The normalized spacial score (nSPS) is 15.0. The molecule has 0 amide bonds. The summed E-state index contributed by atoms with van der Waals surface area (Å²) in [6.07, 6.45) is 6.42. The SMILES string of the molecule is CCc1ccc2[nH]c(=O)c(CN(Cc3ccc(OC)cc3)[C@@H](CC)c3nnnn3C3CCCC3)cc2c1.